The third-order valence-electron chi connectivity index (χ3n) is 3.82. The lowest BCUT2D eigenvalue weighted by Crippen LogP contribution is -2.53. The van der Waals surface area contributed by atoms with Crippen molar-refractivity contribution in [1.29, 1.82) is 0 Å². The minimum Gasteiger partial charge on any atom is -0.493 e. The molecule has 1 fully saturated rings. The predicted octanol–water partition coefficient (Wildman–Crippen LogP) is 4.09. The SMILES string of the molecule is CC(C)(C)OC(=O)N1CC(COc2ccc3ccccc3c2)C1. The predicted molar refractivity (Wildman–Crippen MR) is 90.7 cm³/mol. The van der Waals surface area contributed by atoms with Crippen molar-refractivity contribution in [2.75, 3.05) is 19.7 Å². The molecule has 3 rings (SSSR count). The van der Waals surface area contributed by atoms with Crippen LogP contribution in [0, 0.1) is 5.92 Å². The average Bonchev–Trinajstić information content (AvgIpc) is 2.43. The standard InChI is InChI=1S/C19H23NO3/c1-19(2,3)23-18(21)20-11-14(12-20)13-22-17-9-8-15-6-4-5-7-16(15)10-17/h4-10,14H,11-13H2,1-3H3. The highest BCUT2D eigenvalue weighted by Crippen LogP contribution is 2.23. The van der Waals surface area contributed by atoms with Crippen LogP contribution in [0.4, 0.5) is 4.79 Å². The number of benzene rings is 2. The smallest absolute Gasteiger partial charge is 0.410 e. The van der Waals surface area contributed by atoms with Gasteiger partial charge in [-0.15, -0.1) is 0 Å². The first-order valence-electron chi connectivity index (χ1n) is 8.00. The Hall–Kier alpha value is -2.23. The Kier molecular flexibility index (Phi) is 4.16. The van der Waals surface area contributed by atoms with Gasteiger partial charge in [0, 0.05) is 19.0 Å². The van der Waals surface area contributed by atoms with Gasteiger partial charge in [0.15, 0.2) is 0 Å². The number of carbonyl (C=O) groups excluding carboxylic acids is 1. The lowest BCUT2D eigenvalue weighted by molar-refractivity contribution is -0.00780. The minimum absolute atomic E-state index is 0.237. The molecule has 1 amide bonds. The van der Waals surface area contributed by atoms with E-state index in [1.807, 2.05) is 39.0 Å². The molecule has 1 aliphatic rings. The molecule has 2 aromatic carbocycles. The topological polar surface area (TPSA) is 38.8 Å². The van der Waals surface area contributed by atoms with Crippen LogP contribution in [0.2, 0.25) is 0 Å². The van der Waals surface area contributed by atoms with E-state index in [0.29, 0.717) is 25.6 Å². The van der Waals surface area contributed by atoms with Crippen molar-refractivity contribution in [3.05, 3.63) is 42.5 Å². The van der Waals surface area contributed by atoms with Crippen LogP contribution in [-0.2, 0) is 4.74 Å². The molecule has 4 nitrogen and oxygen atoms in total. The van der Waals surface area contributed by atoms with Crippen LogP contribution in [0.5, 0.6) is 5.75 Å². The molecule has 0 atom stereocenters. The highest BCUT2D eigenvalue weighted by atomic mass is 16.6. The van der Waals surface area contributed by atoms with E-state index >= 15 is 0 Å². The number of ether oxygens (including phenoxy) is 2. The van der Waals surface area contributed by atoms with Crippen LogP contribution in [0.3, 0.4) is 0 Å². The molecule has 122 valence electrons. The molecular formula is C19H23NO3. The summed E-state index contributed by atoms with van der Waals surface area (Å²) in [6.07, 6.45) is -0.237. The maximum Gasteiger partial charge on any atom is 0.410 e. The molecule has 2 aromatic rings. The summed E-state index contributed by atoms with van der Waals surface area (Å²) in [5, 5.41) is 2.38. The van der Waals surface area contributed by atoms with Gasteiger partial charge < -0.3 is 14.4 Å². The Morgan fingerprint density at radius 1 is 1.13 bits per heavy atom. The number of amides is 1. The molecule has 4 heteroatoms. The summed E-state index contributed by atoms with van der Waals surface area (Å²) >= 11 is 0. The number of nitrogens with zero attached hydrogens (tertiary/aromatic N) is 1. The van der Waals surface area contributed by atoms with Crippen molar-refractivity contribution >= 4 is 16.9 Å². The molecular weight excluding hydrogens is 290 g/mol. The normalized spacial score (nSPS) is 15.3. The molecule has 23 heavy (non-hydrogen) atoms. The summed E-state index contributed by atoms with van der Waals surface area (Å²) < 4.78 is 11.2. The Labute approximate surface area is 137 Å². The van der Waals surface area contributed by atoms with Crippen LogP contribution in [0.25, 0.3) is 10.8 Å². The highest BCUT2D eigenvalue weighted by Gasteiger charge is 2.33. The van der Waals surface area contributed by atoms with Crippen molar-refractivity contribution in [2.45, 2.75) is 26.4 Å². The fourth-order valence-corrected chi connectivity index (χ4v) is 2.62. The molecule has 0 saturated carbocycles. The molecule has 1 aliphatic heterocycles. The van der Waals surface area contributed by atoms with Crippen molar-refractivity contribution in [1.82, 2.24) is 4.90 Å². The van der Waals surface area contributed by atoms with E-state index < -0.39 is 5.60 Å². The van der Waals surface area contributed by atoms with Gasteiger partial charge in [0.2, 0.25) is 0 Å². The Morgan fingerprint density at radius 3 is 2.52 bits per heavy atom. The minimum atomic E-state index is -0.441. The molecule has 0 radical (unpaired) electrons. The second kappa shape index (κ2) is 6.11. The molecule has 1 heterocycles. The largest absolute Gasteiger partial charge is 0.493 e. The summed E-state index contributed by atoms with van der Waals surface area (Å²) in [5.74, 6) is 1.24. The molecule has 0 N–H and O–H groups in total. The van der Waals surface area contributed by atoms with Gasteiger partial charge in [-0.25, -0.2) is 4.79 Å². The van der Waals surface area contributed by atoms with Gasteiger partial charge in [-0.3, -0.25) is 0 Å². The lowest BCUT2D eigenvalue weighted by atomic mass is 10.0. The first-order valence-corrected chi connectivity index (χ1v) is 8.00. The molecule has 0 unspecified atom stereocenters. The second-order valence-electron chi connectivity index (χ2n) is 7.07. The highest BCUT2D eigenvalue weighted by molar-refractivity contribution is 5.83. The first kappa shape index (κ1) is 15.7. The van der Waals surface area contributed by atoms with E-state index in [1.165, 1.54) is 10.8 Å². The zero-order chi connectivity index (χ0) is 16.4. The Bertz CT molecular complexity index is 699. The quantitative estimate of drug-likeness (QED) is 0.857. The van der Waals surface area contributed by atoms with Crippen LogP contribution >= 0.6 is 0 Å². The maximum absolute atomic E-state index is 11.9. The zero-order valence-electron chi connectivity index (χ0n) is 13.9. The first-order chi connectivity index (χ1) is 10.9. The van der Waals surface area contributed by atoms with Crippen LogP contribution in [0.15, 0.2) is 42.5 Å². The number of carbonyl (C=O) groups is 1. The molecule has 0 aliphatic carbocycles. The van der Waals surface area contributed by atoms with E-state index in [9.17, 15) is 4.79 Å². The third kappa shape index (κ3) is 3.95. The van der Waals surface area contributed by atoms with Gasteiger partial charge in [-0.05, 0) is 43.7 Å². The van der Waals surface area contributed by atoms with Crippen molar-refractivity contribution in [3.63, 3.8) is 0 Å². The fourth-order valence-electron chi connectivity index (χ4n) is 2.62. The number of likely N-dealkylation sites (tertiary alicyclic amines) is 1. The summed E-state index contributed by atoms with van der Waals surface area (Å²) in [5.41, 5.74) is -0.441. The number of hydrogen-bond acceptors (Lipinski definition) is 3. The monoisotopic (exact) mass is 313 g/mol. The zero-order valence-corrected chi connectivity index (χ0v) is 13.9. The lowest BCUT2D eigenvalue weighted by Gasteiger charge is -2.39. The van der Waals surface area contributed by atoms with Crippen LogP contribution in [-0.4, -0.2) is 36.3 Å². The summed E-state index contributed by atoms with van der Waals surface area (Å²) in [6.45, 7) is 7.66. The summed E-state index contributed by atoms with van der Waals surface area (Å²) in [7, 11) is 0. The number of hydrogen-bond donors (Lipinski definition) is 0. The van der Waals surface area contributed by atoms with Crippen molar-refractivity contribution in [2.24, 2.45) is 5.92 Å². The van der Waals surface area contributed by atoms with E-state index in [4.69, 9.17) is 9.47 Å². The van der Waals surface area contributed by atoms with Crippen molar-refractivity contribution in [3.8, 4) is 5.75 Å². The Morgan fingerprint density at radius 2 is 1.83 bits per heavy atom. The van der Waals surface area contributed by atoms with E-state index in [1.54, 1.807) is 4.90 Å². The Balaban J connectivity index is 1.48. The second-order valence-corrected chi connectivity index (χ2v) is 7.07. The van der Waals surface area contributed by atoms with Gasteiger partial charge >= 0.3 is 6.09 Å². The van der Waals surface area contributed by atoms with E-state index in [2.05, 4.69) is 24.3 Å². The van der Waals surface area contributed by atoms with Crippen molar-refractivity contribution < 1.29 is 14.3 Å². The van der Waals surface area contributed by atoms with Gasteiger partial charge in [0.1, 0.15) is 11.4 Å². The maximum atomic E-state index is 11.9. The molecule has 1 saturated heterocycles. The van der Waals surface area contributed by atoms with Gasteiger partial charge in [0.25, 0.3) is 0 Å². The number of rotatable bonds is 3. The van der Waals surface area contributed by atoms with Gasteiger partial charge in [-0.1, -0.05) is 30.3 Å². The van der Waals surface area contributed by atoms with E-state index in [-0.39, 0.29) is 6.09 Å². The third-order valence-corrected chi connectivity index (χ3v) is 3.82. The van der Waals surface area contributed by atoms with Gasteiger partial charge in [-0.2, -0.15) is 0 Å². The summed E-state index contributed by atoms with van der Waals surface area (Å²) in [6, 6.07) is 14.3. The van der Waals surface area contributed by atoms with Crippen LogP contribution < -0.4 is 4.74 Å². The average molecular weight is 313 g/mol. The molecule has 0 aromatic heterocycles. The van der Waals surface area contributed by atoms with Gasteiger partial charge in [0.05, 0.1) is 6.61 Å². The number of fused-ring (bicyclic) bond motifs is 1. The van der Waals surface area contributed by atoms with E-state index in [0.717, 1.165) is 5.75 Å². The molecule has 0 bridgehead atoms. The van der Waals surface area contributed by atoms with Crippen LogP contribution in [0.1, 0.15) is 20.8 Å². The fraction of sp³-hybridized carbons (Fsp3) is 0.421. The summed E-state index contributed by atoms with van der Waals surface area (Å²) in [4.78, 5) is 13.6. The molecule has 0 spiro atoms.